The van der Waals surface area contributed by atoms with Crippen LogP contribution >= 0.6 is 0 Å². The quantitative estimate of drug-likeness (QED) is 0.751. The summed E-state index contributed by atoms with van der Waals surface area (Å²) in [4.78, 5) is -0.124. The maximum atomic E-state index is 13.6. The van der Waals surface area contributed by atoms with E-state index in [1.54, 1.807) is 0 Å². The molecule has 1 heterocycles. The molecule has 0 bridgehead atoms. The first-order chi connectivity index (χ1) is 9.24. The lowest BCUT2D eigenvalue weighted by molar-refractivity contribution is 0.512. The van der Waals surface area contributed by atoms with Gasteiger partial charge < -0.3 is 5.73 Å². The maximum Gasteiger partial charge on any atom is 0.265 e. The van der Waals surface area contributed by atoms with Gasteiger partial charge in [-0.05, 0) is 26.0 Å². The number of hydrogen-bond acceptors (Lipinski definition) is 4. The second kappa shape index (κ2) is 4.75. The van der Waals surface area contributed by atoms with Crippen LogP contribution in [0.3, 0.4) is 0 Å². The van der Waals surface area contributed by atoms with Gasteiger partial charge in [-0.25, -0.2) is 17.2 Å². The molecule has 0 aliphatic rings. The minimum atomic E-state index is -4.12. The monoisotopic (exact) mass is 302 g/mol. The van der Waals surface area contributed by atoms with Crippen LogP contribution in [0.2, 0.25) is 0 Å². The lowest BCUT2D eigenvalue weighted by Gasteiger charge is -2.11. The fourth-order valence-electron chi connectivity index (χ4n) is 1.79. The Balaban J connectivity index is 2.53. The molecule has 0 unspecified atom stereocenters. The number of sulfonamides is 1. The zero-order chi connectivity index (χ0) is 15.1. The molecule has 108 valence electrons. The summed E-state index contributed by atoms with van der Waals surface area (Å²) >= 11 is 0. The SMILES string of the molecule is Cc1n[nH]c(C)c1S(=O)(=O)Nc1c(N)ccc(F)c1F. The Morgan fingerprint density at radius 1 is 1.30 bits per heavy atom. The van der Waals surface area contributed by atoms with E-state index < -0.39 is 27.3 Å². The molecular formula is C11H12F2N4O2S. The van der Waals surface area contributed by atoms with Crippen molar-refractivity contribution < 1.29 is 17.2 Å². The molecule has 0 fully saturated rings. The predicted octanol–water partition coefficient (Wildman–Crippen LogP) is 1.69. The van der Waals surface area contributed by atoms with Gasteiger partial charge in [0.1, 0.15) is 10.6 Å². The number of rotatable bonds is 3. The highest BCUT2D eigenvalue weighted by Crippen LogP contribution is 2.28. The van der Waals surface area contributed by atoms with Gasteiger partial charge in [-0.3, -0.25) is 9.82 Å². The van der Waals surface area contributed by atoms with Crippen LogP contribution in [-0.4, -0.2) is 18.6 Å². The molecule has 20 heavy (non-hydrogen) atoms. The maximum absolute atomic E-state index is 13.6. The van der Waals surface area contributed by atoms with Gasteiger partial charge in [-0.2, -0.15) is 5.10 Å². The van der Waals surface area contributed by atoms with E-state index in [1.807, 2.05) is 4.72 Å². The highest BCUT2D eigenvalue weighted by Gasteiger charge is 2.25. The zero-order valence-corrected chi connectivity index (χ0v) is 11.5. The number of nitrogens with two attached hydrogens (primary N) is 1. The molecule has 4 N–H and O–H groups in total. The Kier molecular flexibility index (Phi) is 3.38. The third-order valence-corrected chi connectivity index (χ3v) is 4.30. The molecule has 6 nitrogen and oxygen atoms in total. The van der Waals surface area contributed by atoms with Gasteiger partial charge in [0.2, 0.25) is 0 Å². The first-order valence-electron chi connectivity index (χ1n) is 5.52. The molecule has 0 aliphatic carbocycles. The number of benzene rings is 1. The molecule has 0 amide bonds. The van der Waals surface area contributed by atoms with Crippen LogP contribution in [0, 0.1) is 25.5 Å². The molecule has 1 aromatic carbocycles. The van der Waals surface area contributed by atoms with Crippen molar-refractivity contribution in [2.24, 2.45) is 0 Å². The van der Waals surface area contributed by atoms with Crippen molar-refractivity contribution in [3.8, 4) is 0 Å². The third-order valence-electron chi connectivity index (χ3n) is 2.69. The van der Waals surface area contributed by atoms with E-state index in [0.717, 1.165) is 12.1 Å². The van der Waals surface area contributed by atoms with Crippen LogP contribution in [0.1, 0.15) is 11.4 Å². The van der Waals surface area contributed by atoms with Gasteiger partial charge in [0.15, 0.2) is 11.6 Å². The van der Waals surface area contributed by atoms with Crippen LogP contribution in [0.15, 0.2) is 17.0 Å². The first-order valence-corrected chi connectivity index (χ1v) is 7.00. The van der Waals surface area contributed by atoms with Crippen LogP contribution in [0.4, 0.5) is 20.2 Å². The van der Waals surface area contributed by atoms with E-state index in [9.17, 15) is 17.2 Å². The number of hydrogen-bond donors (Lipinski definition) is 3. The number of H-pyrrole nitrogens is 1. The molecule has 0 saturated carbocycles. The average Bonchev–Trinajstić information content (AvgIpc) is 2.70. The second-order valence-corrected chi connectivity index (χ2v) is 5.81. The van der Waals surface area contributed by atoms with Crippen LogP contribution in [-0.2, 0) is 10.0 Å². The Morgan fingerprint density at radius 3 is 2.50 bits per heavy atom. The van der Waals surface area contributed by atoms with Gasteiger partial charge in [0, 0.05) is 0 Å². The van der Waals surface area contributed by atoms with E-state index in [1.165, 1.54) is 13.8 Å². The molecule has 1 aromatic heterocycles. The van der Waals surface area contributed by atoms with E-state index in [-0.39, 0.29) is 22.0 Å². The number of aryl methyl sites for hydroxylation is 2. The Morgan fingerprint density at radius 2 is 1.95 bits per heavy atom. The molecule has 9 heteroatoms. The first kappa shape index (κ1) is 14.3. The van der Waals surface area contributed by atoms with Crippen LogP contribution in [0.25, 0.3) is 0 Å². The van der Waals surface area contributed by atoms with Gasteiger partial charge >= 0.3 is 0 Å². The van der Waals surface area contributed by atoms with Crippen molar-refractivity contribution in [1.29, 1.82) is 0 Å². The van der Waals surface area contributed by atoms with Gasteiger partial charge in [0.25, 0.3) is 10.0 Å². The Bertz CT molecular complexity index is 751. The van der Waals surface area contributed by atoms with E-state index >= 15 is 0 Å². The van der Waals surface area contributed by atoms with Gasteiger partial charge in [-0.1, -0.05) is 0 Å². The number of nitrogens with one attached hydrogen (secondary N) is 2. The molecule has 0 radical (unpaired) electrons. The topological polar surface area (TPSA) is 101 Å². The molecule has 2 aromatic rings. The Hall–Kier alpha value is -2.16. The van der Waals surface area contributed by atoms with E-state index in [0.29, 0.717) is 0 Å². The highest BCUT2D eigenvalue weighted by atomic mass is 32.2. The predicted molar refractivity (Wildman–Crippen MR) is 69.6 cm³/mol. The van der Waals surface area contributed by atoms with Crippen molar-refractivity contribution >= 4 is 21.4 Å². The van der Waals surface area contributed by atoms with Gasteiger partial charge in [-0.15, -0.1) is 0 Å². The molecule has 0 aliphatic heterocycles. The van der Waals surface area contributed by atoms with Crippen molar-refractivity contribution in [1.82, 2.24) is 10.2 Å². The molecule has 0 spiro atoms. The lowest BCUT2D eigenvalue weighted by Crippen LogP contribution is -2.17. The molecular weight excluding hydrogens is 290 g/mol. The summed E-state index contributed by atoms with van der Waals surface area (Å²) in [5, 5.41) is 6.24. The average molecular weight is 302 g/mol. The minimum Gasteiger partial charge on any atom is -0.397 e. The molecule has 2 rings (SSSR count). The molecule has 0 atom stereocenters. The number of anilines is 2. The van der Waals surface area contributed by atoms with Gasteiger partial charge in [0.05, 0.1) is 17.1 Å². The van der Waals surface area contributed by atoms with Crippen molar-refractivity contribution in [3.63, 3.8) is 0 Å². The van der Waals surface area contributed by atoms with Crippen LogP contribution < -0.4 is 10.5 Å². The summed E-state index contributed by atoms with van der Waals surface area (Å²) in [6.07, 6.45) is 0. The van der Waals surface area contributed by atoms with Crippen molar-refractivity contribution in [2.75, 3.05) is 10.5 Å². The summed E-state index contributed by atoms with van der Waals surface area (Å²) in [6.45, 7) is 2.98. The van der Waals surface area contributed by atoms with Crippen molar-refractivity contribution in [2.45, 2.75) is 18.7 Å². The highest BCUT2D eigenvalue weighted by molar-refractivity contribution is 7.92. The van der Waals surface area contributed by atoms with Crippen LogP contribution in [0.5, 0.6) is 0 Å². The summed E-state index contributed by atoms with van der Waals surface area (Å²) in [6, 6.07) is 1.89. The standard InChI is InChI=1S/C11H12F2N4O2S/c1-5-11(6(2)16-15-5)20(18,19)17-10-8(14)4-3-7(12)9(10)13/h3-4,17H,14H2,1-2H3,(H,15,16). The smallest absolute Gasteiger partial charge is 0.265 e. The normalized spacial score (nSPS) is 11.6. The number of nitrogens with zero attached hydrogens (tertiary/aromatic N) is 1. The largest absolute Gasteiger partial charge is 0.397 e. The number of halogens is 2. The number of aromatic amines is 1. The summed E-state index contributed by atoms with van der Waals surface area (Å²) in [5.41, 5.74) is 5.13. The summed E-state index contributed by atoms with van der Waals surface area (Å²) in [7, 11) is -4.12. The number of aromatic nitrogens is 2. The summed E-state index contributed by atoms with van der Waals surface area (Å²) in [5.74, 6) is -2.55. The third kappa shape index (κ3) is 2.31. The second-order valence-electron chi connectivity index (χ2n) is 4.19. The van der Waals surface area contributed by atoms with E-state index in [4.69, 9.17) is 5.73 Å². The van der Waals surface area contributed by atoms with Crippen molar-refractivity contribution in [3.05, 3.63) is 35.2 Å². The zero-order valence-electron chi connectivity index (χ0n) is 10.7. The fraction of sp³-hybridized carbons (Fsp3) is 0.182. The minimum absolute atomic E-state index is 0.124. The fourth-order valence-corrected chi connectivity index (χ4v) is 3.25. The Labute approximate surface area is 114 Å². The lowest BCUT2D eigenvalue weighted by atomic mass is 10.2. The number of nitrogen functional groups attached to an aromatic ring is 1. The van der Waals surface area contributed by atoms with E-state index in [2.05, 4.69) is 10.2 Å². The summed E-state index contributed by atoms with van der Waals surface area (Å²) < 4.78 is 53.1. The molecule has 0 saturated heterocycles.